The Morgan fingerprint density at radius 3 is 2.43 bits per heavy atom. The van der Waals surface area contributed by atoms with Crippen LogP contribution in [0.25, 0.3) is 0 Å². The molecule has 0 saturated heterocycles. The van der Waals surface area contributed by atoms with Gasteiger partial charge < -0.3 is 24.7 Å². The van der Waals surface area contributed by atoms with Gasteiger partial charge in [-0.25, -0.2) is 4.99 Å². The smallest absolute Gasteiger partial charge is 0.191 e. The Labute approximate surface area is 196 Å². The SMILES string of the molecule is COCCCNC(=NCc1nnc(C)n1C)NCCC(C)c1ccc(OC)cc1.I. The lowest BCUT2D eigenvalue weighted by molar-refractivity contribution is 0.195. The van der Waals surface area contributed by atoms with E-state index in [1.807, 2.05) is 30.7 Å². The van der Waals surface area contributed by atoms with Crippen LogP contribution in [0.2, 0.25) is 0 Å². The van der Waals surface area contributed by atoms with Crippen LogP contribution in [0.1, 0.15) is 42.9 Å². The molecule has 0 spiro atoms. The number of guanidine groups is 1. The number of hydrogen-bond acceptors (Lipinski definition) is 5. The number of rotatable bonds is 11. The van der Waals surface area contributed by atoms with E-state index in [1.165, 1.54) is 5.56 Å². The molecule has 9 heteroatoms. The van der Waals surface area contributed by atoms with Crippen molar-refractivity contribution in [2.24, 2.45) is 12.0 Å². The molecule has 2 N–H and O–H groups in total. The minimum Gasteiger partial charge on any atom is -0.497 e. The molecule has 0 aliphatic carbocycles. The number of aromatic nitrogens is 3. The Hall–Kier alpha value is -1.88. The summed E-state index contributed by atoms with van der Waals surface area (Å²) in [6.07, 6.45) is 1.91. The normalized spacial score (nSPS) is 12.2. The molecule has 1 aromatic heterocycles. The van der Waals surface area contributed by atoms with E-state index in [0.29, 0.717) is 12.5 Å². The van der Waals surface area contributed by atoms with E-state index in [-0.39, 0.29) is 24.0 Å². The van der Waals surface area contributed by atoms with Gasteiger partial charge in [-0.05, 0) is 43.4 Å². The summed E-state index contributed by atoms with van der Waals surface area (Å²) in [6.45, 7) is 6.98. The molecule has 30 heavy (non-hydrogen) atoms. The van der Waals surface area contributed by atoms with Crippen LogP contribution in [0.5, 0.6) is 5.75 Å². The average Bonchev–Trinajstić information content (AvgIpc) is 3.06. The minimum atomic E-state index is 0. The average molecular weight is 530 g/mol. The number of halogens is 1. The van der Waals surface area contributed by atoms with Crippen molar-refractivity contribution in [1.29, 1.82) is 0 Å². The molecule has 0 amide bonds. The van der Waals surface area contributed by atoms with E-state index in [9.17, 15) is 0 Å². The standard InChI is InChI=1S/C21H34N6O2.HI/c1-16(18-7-9-19(29-5)10-8-18)11-13-23-21(22-12-6-14-28-4)24-15-20-26-25-17(2)27(20)3;/h7-10,16H,6,11-15H2,1-5H3,(H2,22,23,24);1H. The summed E-state index contributed by atoms with van der Waals surface area (Å²) in [5.41, 5.74) is 1.30. The minimum absolute atomic E-state index is 0. The van der Waals surface area contributed by atoms with Crippen LogP contribution >= 0.6 is 24.0 Å². The second kappa shape index (κ2) is 14.2. The predicted molar refractivity (Wildman–Crippen MR) is 131 cm³/mol. The van der Waals surface area contributed by atoms with Crippen molar-refractivity contribution >= 4 is 29.9 Å². The summed E-state index contributed by atoms with van der Waals surface area (Å²) >= 11 is 0. The zero-order valence-corrected chi connectivity index (χ0v) is 21.0. The van der Waals surface area contributed by atoms with Crippen molar-refractivity contribution < 1.29 is 9.47 Å². The molecule has 1 atom stereocenters. The number of methoxy groups -OCH3 is 2. The van der Waals surface area contributed by atoms with Gasteiger partial charge in [0.15, 0.2) is 11.8 Å². The van der Waals surface area contributed by atoms with Crippen LogP contribution in [0.3, 0.4) is 0 Å². The molecule has 0 aliphatic heterocycles. The molecule has 1 aromatic carbocycles. The Morgan fingerprint density at radius 1 is 1.13 bits per heavy atom. The van der Waals surface area contributed by atoms with E-state index in [2.05, 4.69) is 44.9 Å². The largest absolute Gasteiger partial charge is 0.497 e. The summed E-state index contributed by atoms with van der Waals surface area (Å²) in [5, 5.41) is 15.1. The maximum absolute atomic E-state index is 5.23. The van der Waals surface area contributed by atoms with Gasteiger partial charge in [-0.3, -0.25) is 0 Å². The first-order chi connectivity index (χ1) is 14.0. The second-order valence-corrected chi connectivity index (χ2v) is 7.05. The lowest BCUT2D eigenvalue weighted by atomic mass is 9.98. The Morgan fingerprint density at radius 2 is 1.83 bits per heavy atom. The van der Waals surface area contributed by atoms with Crippen molar-refractivity contribution in [2.45, 2.75) is 39.2 Å². The quantitative estimate of drug-likeness (QED) is 0.201. The van der Waals surface area contributed by atoms with Crippen LogP contribution < -0.4 is 15.4 Å². The first-order valence-electron chi connectivity index (χ1n) is 10.0. The molecule has 1 heterocycles. The monoisotopic (exact) mass is 530 g/mol. The maximum Gasteiger partial charge on any atom is 0.191 e. The summed E-state index contributed by atoms with van der Waals surface area (Å²) in [6, 6.07) is 8.26. The second-order valence-electron chi connectivity index (χ2n) is 7.05. The van der Waals surface area contributed by atoms with Crippen molar-refractivity contribution in [3.8, 4) is 5.75 Å². The number of ether oxygens (including phenoxy) is 2. The summed E-state index contributed by atoms with van der Waals surface area (Å²) in [4.78, 5) is 4.67. The first kappa shape index (κ1) is 26.2. The molecule has 0 radical (unpaired) electrons. The molecule has 0 fully saturated rings. The van der Waals surface area contributed by atoms with E-state index in [4.69, 9.17) is 9.47 Å². The van der Waals surface area contributed by atoms with Gasteiger partial charge in [-0.15, -0.1) is 34.2 Å². The highest BCUT2D eigenvalue weighted by Crippen LogP contribution is 2.21. The van der Waals surface area contributed by atoms with Crippen molar-refractivity contribution in [3.05, 3.63) is 41.5 Å². The Bertz CT molecular complexity index is 763. The topological polar surface area (TPSA) is 85.6 Å². The highest BCUT2D eigenvalue weighted by Gasteiger charge is 2.08. The molecule has 168 valence electrons. The molecule has 0 saturated carbocycles. The number of benzene rings is 1. The highest BCUT2D eigenvalue weighted by molar-refractivity contribution is 14.0. The molecule has 2 aromatic rings. The number of nitrogens with zero attached hydrogens (tertiary/aromatic N) is 4. The lowest BCUT2D eigenvalue weighted by Crippen LogP contribution is -2.39. The first-order valence-corrected chi connectivity index (χ1v) is 10.0. The van der Waals surface area contributed by atoms with Gasteiger partial charge in [0.05, 0.1) is 7.11 Å². The summed E-state index contributed by atoms with van der Waals surface area (Å²) < 4.78 is 12.3. The number of hydrogen-bond donors (Lipinski definition) is 2. The van der Waals surface area contributed by atoms with Crippen LogP contribution in [0.4, 0.5) is 0 Å². The summed E-state index contributed by atoms with van der Waals surface area (Å²) in [7, 11) is 5.35. The third-order valence-corrected chi connectivity index (χ3v) is 4.93. The molecular formula is C21H35IN6O2. The van der Waals surface area contributed by atoms with Crippen LogP contribution in [0.15, 0.2) is 29.3 Å². The van der Waals surface area contributed by atoms with Crippen molar-refractivity contribution in [1.82, 2.24) is 25.4 Å². The van der Waals surface area contributed by atoms with Crippen molar-refractivity contribution in [3.63, 3.8) is 0 Å². The molecule has 2 rings (SSSR count). The van der Waals surface area contributed by atoms with Crippen molar-refractivity contribution in [2.75, 3.05) is 33.9 Å². The Kier molecular flexibility index (Phi) is 12.4. The van der Waals surface area contributed by atoms with E-state index >= 15 is 0 Å². The number of aliphatic imine (C=N–C) groups is 1. The zero-order valence-electron chi connectivity index (χ0n) is 18.6. The fourth-order valence-electron chi connectivity index (χ4n) is 2.84. The van der Waals surface area contributed by atoms with Gasteiger partial charge in [0.1, 0.15) is 18.1 Å². The number of nitrogens with one attached hydrogen (secondary N) is 2. The number of aryl methyl sites for hydroxylation is 1. The molecule has 0 bridgehead atoms. The predicted octanol–water partition coefficient (Wildman–Crippen LogP) is 3.02. The fourth-order valence-corrected chi connectivity index (χ4v) is 2.84. The third-order valence-electron chi connectivity index (χ3n) is 4.93. The van der Waals surface area contributed by atoms with Gasteiger partial charge in [0, 0.05) is 33.9 Å². The summed E-state index contributed by atoms with van der Waals surface area (Å²) in [5.74, 6) is 3.82. The van der Waals surface area contributed by atoms with Gasteiger partial charge in [0.2, 0.25) is 0 Å². The van der Waals surface area contributed by atoms with Crippen LogP contribution in [0, 0.1) is 6.92 Å². The van der Waals surface area contributed by atoms with Crippen LogP contribution in [-0.2, 0) is 18.3 Å². The fraction of sp³-hybridized carbons (Fsp3) is 0.571. The molecule has 8 nitrogen and oxygen atoms in total. The van der Waals surface area contributed by atoms with E-state index in [0.717, 1.165) is 55.9 Å². The molecule has 0 aliphatic rings. The Balaban J connectivity index is 0.00000450. The van der Waals surface area contributed by atoms with Gasteiger partial charge in [-0.1, -0.05) is 19.1 Å². The van der Waals surface area contributed by atoms with E-state index < -0.39 is 0 Å². The van der Waals surface area contributed by atoms with Gasteiger partial charge >= 0.3 is 0 Å². The van der Waals surface area contributed by atoms with Gasteiger partial charge in [-0.2, -0.15) is 0 Å². The lowest BCUT2D eigenvalue weighted by Gasteiger charge is -2.16. The van der Waals surface area contributed by atoms with E-state index in [1.54, 1.807) is 14.2 Å². The third kappa shape index (κ3) is 8.47. The zero-order chi connectivity index (χ0) is 21.1. The molecule has 1 unspecified atom stereocenters. The molecular weight excluding hydrogens is 495 g/mol. The van der Waals surface area contributed by atoms with Gasteiger partial charge in [0.25, 0.3) is 0 Å². The highest BCUT2D eigenvalue weighted by atomic mass is 127. The maximum atomic E-state index is 5.23. The van der Waals surface area contributed by atoms with Crippen LogP contribution in [-0.4, -0.2) is 54.6 Å².